The molecule has 5 fully saturated rings. The fraction of sp³-hybridized carbons (Fsp3) is 1.00. The van der Waals surface area contributed by atoms with Crippen molar-refractivity contribution < 1.29 is 0 Å². The third kappa shape index (κ3) is 2.56. The van der Waals surface area contributed by atoms with Gasteiger partial charge >= 0.3 is 0 Å². The van der Waals surface area contributed by atoms with Gasteiger partial charge in [0.05, 0.1) is 0 Å². The first-order valence-electron chi connectivity index (χ1n) is 8.29. The maximum Gasteiger partial charge on any atom is 0.0215 e. The minimum atomic E-state index is 0. The quantitative estimate of drug-likeness (QED) is 0.854. The Morgan fingerprint density at radius 3 is 2.16 bits per heavy atom. The number of nitrogens with zero attached hydrogens (tertiary/aromatic N) is 1. The molecule has 1 aliphatic heterocycles. The smallest absolute Gasteiger partial charge is 0.0215 e. The van der Waals surface area contributed by atoms with Gasteiger partial charge in [-0.3, -0.25) is 5.43 Å². The van der Waals surface area contributed by atoms with Gasteiger partial charge in [0, 0.05) is 19.1 Å². The Morgan fingerprint density at radius 2 is 1.63 bits per heavy atom. The minimum absolute atomic E-state index is 0. The van der Waals surface area contributed by atoms with Crippen molar-refractivity contribution in [1.29, 1.82) is 0 Å². The third-order valence-corrected chi connectivity index (χ3v) is 6.51. The first-order valence-corrected chi connectivity index (χ1v) is 8.29. The zero-order chi connectivity index (χ0) is 12.1. The molecular weight excluding hydrogens is 256 g/mol. The molecule has 0 spiro atoms. The van der Waals surface area contributed by atoms with Crippen molar-refractivity contribution in [2.75, 3.05) is 13.1 Å². The average Bonchev–Trinajstić information content (AvgIpc) is 2.73. The summed E-state index contributed by atoms with van der Waals surface area (Å²) in [5.74, 6) is 5.40. The summed E-state index contributed by atoms with van der Waals surface area (Å²) in [4.78, 5) is 0. The molecule has 4 aliphatic carbocycles. The van der Waals surface area contributed by atoms with Crippen LogP contribution < -0.4 is 5.43 Å². The number of rotatable bonds is 3. The van der Waals surface area contributed by atoms with Crippen LogP contribution in [0.4, 0.5) is 0 Å². The Balaban J connectivity index is 0.00000110. The van der Waals surface area contributed by atoms with Crippen molar-refractivity contribution in [3.05, 3.63) is 0 Å². The van der Waals surface area contributed by atoms with E-state index in [1.165, 1.54) is 25.9 Å². The Bertz CT molecular complexity index is 292. The van der Waals surface area contributed by atoms with Crippen LogP contribution in [0.2, 0.25) is 0 Å². The highest BCUT2D eigenvalue weighted by Crippen LogP contribution is 2.56. The van der Waals surface area contributed by atoms with Crippen LogP contribution in [-0.4, -0.2) is 24.1 Å². The van der Waals surface area contributed by atoms with Gasteiger partial charge < -0.3 is 0 Å². The van der Waals surface area contributed by atoms with Gasteiger partial charge in [0.1, 0.15) is 0 Å². The van der Waals surface area contributed by atoms with Gasteiger partial charge in [-0.15, -0.1) is 12.4 Å². The monoisotopic (exact) mass is 284 g/mol. The Morgan fingerprint density at radius 1 is 1.00 bits per heavy atom. The maximum atomic E-state index is 3.79. The van der Waals surface area contributed by atoms with Crippen LogP contribution in [0, 0.1) is 29.6 Å². The maximum absolute atomic E-state index is 3.79. The Labute approximate surface area is 124 Å². The molecule has 0 radical (unpaired) electrons. The van der Waals surface area contributed by atoms with Gasteiger partial charge in [0.25, 0.3) is 0 Å². The van der Waals surface area contributed by atoms with Crippen LogP contribution in [0.1, 0.15) is 51.9 Å². The number of hydrazine groups is 1. The topological polar surface area (TPSA) is 15.3 Å². The van der Waals surface area contributed by atoms with E-state index in [0.717, 1.165) is 35.6 Å². The fourth-order valence-electron chi connectivity index (χ4n) is 5.76. The van der Waals surface area contributed by atoms with Crippen LogP contribution in [0.3, 0.4) is 0 Å². The van der Waals surface area contributed by atoms with Crippen molar-refractivity contribution in [2.24, 2.45) is 29.6 Å². The molecule has 0 aromatic rings. The molecule has 1 heterocycles. The zero-order valence-electron chi connectivity index (χ0n) is 12.2. The molecule has 110 valence electrons. The van der Waals surface area contributed by atoms with Crippen LogP contribution in [-0.2, 0) is 0 Å². The van der Waals surface area contributed by atoms with Crippen LogP contribution in [0.25, 0.3) is 0 Å². The van der Waals surface area contributed by atoms with Gasteiger partial charge in [0.2, 0.25) is 0 Å². The van der Waals surface area contributed by atoms with Crippen molar-refractivity contribution in [3.8, 4) is 0 Å². The highest BCUT2D eigenvalue weighted by molar-refractivity contribution is 5.85. The molecule has 0 aromatic heterocycles. The van der Waals surface area contributed by atoms with Gasteiger partial charge in [-0.2, -0.15) is 0 Å². The van der Waals surface area contributed by atoms with Gasteiger partial charge in [-0.05, 0) is 81.5 Å². The molecule has 2 nitrogen and oxygen atoms in total. The summed E-state index contributed by atoms with van der Waals surface area (Å²) >= 11 is 0. The van der Waals surface area contributed by atoms with Gasteiger partial charge in [-0.25, -0.2) is 5.01 Å². The van der Waals surface area contributed by atoms with Gasteiger partial charge in [0.15, 0.2) is 0 Å². The van der Waals surface area contributed by atoms with E-state index in [1.807, 2.05) is 0 Å². The summed E-state index contributed by atoms with van der Waals surface area (Å²) in [6.07, 6.45) is 10.6. The standard InChI is InChI=1S/C16H28N2.ClH/c1-11-3-2-4-18(11)17-10-16-14-6-12-5-13(8-14)9-15(16)7-12;/h11-17H,2-10H2,1H3;1H. The largest absolute Gasteiger partial charge is 0.255 e. The van der Waals surface area contributed by atoms with E-state index in [1.54, 1.807) is 32.1 Å². The molecule has 0 aromatic carbocycles. The van der Waals surface area contributed by atoms with Gasteiger partial charge in [-0.1, -0.05) is 0 Å². The number of nitrogens with one attached hydrogen (secondary N) is 1. The second-order valence-electron chi connectivity index (χ2n) is 7.64. The second-order valence-corrected chi connectivity index (χ2v) is 7.64. The predicted octanol–water partition coefficient (Wildman–Crippen LogP) is 3.47. The lowest BCUT2D eigenvalue weighted by Gasteiger charge is -2.54. The highest BCUT2D eigenvalue weighted by Gasteiger charge is 2.47. The summed E-state index contributed by atoms with van der Waals surface area (Å²) in [6.45, 7) is 4.92. The van der Waals surface area contributed by atoms with E-state index in [9.17, 15) is 0 Å². The molecule has 1 N–H and O–H groups in total. The van der Waals surface area contributed by atoms with E-state index in [0.29, 0.717) is 0 Å². The van der Waals surface area contributed by atoms with Crippen molar-refractivity contribution in [2.45, 2.75) is 57.9 Å². The molecule has 19 heavy (non-hydrogen) atoms. The molecular formula is C16H29ClN2. The number of hydrogen-bond donors (Lipinski definition) is 1. The molecule has 1 saturated heterocycles. The molecule has 5 aliphatic rings. The van der Waals surface area contributed by atoms with Crippen molar-refractivity contribution in [1.82, 2.24) is 10.4 Å². The van der Waals surface area contributed by atoms with Crippen molar-refractivity contribution >= 4 is 12.4 Å². The van der Waals surface area contributed by atoms with Crippen LogP contribution >= 0.6 is 12.4 Å². The van der Waals surface area contributed by atoms with Crippen LogP contribution in [0.5, 0.6) is 0 Å². The molecule has 4 bridgehead atoms. The lowest BCUT2D eigenvalue weighted by atomic mass is 9.52. The van der Waals surface area contributed by atoms with Crippen LogP contribution in [0.15, 0.2) is 0 Å². The average molecular weight is 285 g/mol. The van der Waals surface area contributed by atoms with E-state index in [4.69, 9.17) is 0 Å². The molecule has 3 heteroatoms. The zero-order valence-corrected chi connectivity index (χ0v) is 13.0. The number of halogens is 1. The summed E-state index contributed by atoms with van der Waals surface area (Å²) < 4.78 is 0. The third-order valence-electron chi connectivity index (χ3n) is 6.51. The van der Waals surface area contributed by atoms with E-state index in [-0.39, 0.29) is 12.4 Å². The molecule has 4 saturated carbocycles. The van der Waals surface area contributed by atoms with Crippen molar-refractivity contribution in [3.63, 3.8) is 0 Å². The first kappa shape index (κ1) is 14.2. The summed E-state index contributed by atoms with van der Waals surface area (Å²) in [5, 5.41) is 2.52. The van der Waals surface area contributed by atoms with E-state index < -0.39 is 0 Å². The van der Waals surface area contributed by atoms with E-state index in [2.05, 4.69) is 17.4 Å². The SMILES string of the molecule is CC1CCCN1NCC1C2CC3CC(C2)CC1C3.Cl. The summed E-state index contributed by atoms with van der Waals surface area (Å²) in [5.41, 5.74) is 3.79. The minimum Gasteiger partial charge on any atom is -0.255 e. The fourth-order valence-corrected chi connectivity index (χ4v) is 5.76. The molecule has 5 rings (SSSR count). The molecule has 0 amide bonds. The Hall–Kier alpha value is 0.210. The Kier molecular flexibility index (Phi) is 4.13. The lowest BCUT2D eigenvalue weighted by molar-refractivity contribution is -0.0431. The first-order chi connectivity index (χ1) is 8.79. The summed E-state index contributed by atoms with van der Waals surface area (Å²) in [6, 6.07) is 0.766. The molecule has 1 atom stereocenters. The normalized spacial score (nSPS) is 48.5. The number of hydrogen-bond acceptors (Lipinski definition) is 2. The van der Waals surface area contributed by atoms with E-state index >= 15 is 0 Å². The second kappa shape index (κ2) is 5.54. The predicted molar refractivity (Wildman–Crippen MR) is 81.2 cm³/mol. The highest BCUT2D eigenvalue weighted by atomic mass is 35.5. The summed E-state index contributed by atoms with van der Waals surface area (Å²) in [7, 11) is 0. The lowest BCUT2D eigenvalue weighted by Crippen LogP contribution is -2.51. The molecule has 1 unspecified atom stereocenters.